The Morgan fingerprint density at radius 3 is 2.70 bits per heavy atom. The van der Waals surface area contributed by atoms with E-state index in [9.17, 15) is 9.59 Å². The zero-order valence-electron chi connectivity index (χ0n) is 13.8. The van der Waals surface area contributed by atoms with Crippen LogP contribution >= 0.6 is 11.3 Å². The molecule has 7 nitrogen and oxygen atoms in total. The van der Waals surface area contributed by atoms with E-state index < -0.39 is 5.54 Å². The summed E-state index contributed by atoms with van der Waals surface area (Å²) in [7, 11) is 3.49. The number of hydrogen-bond donors (Lipinski definition) is 1. The van der Waals surface area contributed by atoms with E-state index in [0.717, 1.165) is 10.2 Å². The lowest BCUT2D eigenvalue weighted by atomic mass is 9.98. The largest absolute Gasteiger partial charge is 0.331 e. The van der Waals surface area contributed by atoms with Crippen LogP contribution in [-0.4, -0.2) is 76.1 Å². The molecule has 2 aromatic rings. The number of nitrogens with zero attached hydrogens (tertiary/aromatic N) is 4. The fraction of sp³-hybridized carbons (Fsp3) is 0.533. The van der Waals surface area contributed by atoms with Crippen LogP contribution in [0.5, 0.6) is 0 Å². The van der Waals surface area contributed by atoms with Gasteiger partial charge in [-0.15, -0.1) is 11.3 Å². The monoisotopic (exact) mass is 335 g/mol. The summed E-state index contributed by atoms with van der Waals surface area (Å²) in [6.07, 6.45) is 1.72. The Bertz CT molecular complexity index is 719. The molecule has 0 bridgehead atoms. The molecule has 3 amide bonds. The standard InChI is InChI=1S/C15H21N5O2S/c1-15(2)9-19(14(22)18(3)4)5-6-20(15)13(21)11-7-10-8-16-17-12(10)23-11/h7-8H,5-6,9H2,1-4H3,(H,16,17). The van der Waals surface area contributed by atoms with Crippen molar-refractivity contribution in [2.45, 2.75) is 19.4 Å². The van der Waals surface area contributed by atoms with Crippen LogP contribution < -0.4 is 0 Å². The lowest BCUT2D eigenvalue weighted by Gasteiger charge is -2.47. The summed E-state index contributed by atoms with van der Waals surface area (Å²) in [6, 6.07) is 1.86. The van der Waals surface area contributed by atoms with Crippen molar-refractivity contribution in [3.8, 4) is 0 Å². The summed E-state index contributed by atoms with van der Waals surface area (Å²) in [4.78, 5) is 31.9. The van der Waals surface area contributed by atoms with E-state index in [1.807, 2.05) is 24.8 Å². The first-order valence-electron chi connectivity index (χ1n) is 7.51. The van der Waals surface area contributed by atoms with Crippen molar-refractivity contribution in [3.63, 3.8) is 0 Å². The van der Waals surface area contributed by atoms with Crippen LogP contribution in [0.2, 0.25) is 0 Å². The minimum atomic E-state index is -0.406. The number of aromatic amines is 1. The van der Waals surface area contributed by atoms with Crippen LogP contribution in [0, 0.1) is 0 Å². The first-order valence-corrected chi connectivity index (χ1v) is 8.32. The number of amides is 3. The Labute approximate surface area is 138 Å². The number of urea groups is 1. The normalized spacial score (nSPS) is 17.6. The van der Waals surface area contributed by atoms with E-state index in [1.165, 1.54) is 11.3 Å². The summed E-state index contributed by atoms with van der Waals surface area (Å²) in [5.74, 6) is 0.0153. The van der Waals surface area contributed by atoms with Crippen LogP contribution in [0.1, 0.15) is 23.5 Å². The van der Waals surface area contributed by atoms with Gasteiger partial charge in [-0.25, -0.2) is 4.79 Å². The molecule has 0 aliphatic carbocycles. The first kappa shape index (κ1) is 15.8. The number of carbonyl (C=O) groups excluding carboxylic acids is 2. The van der Waals surface area contributed by atoms with E-state index in [4.69, 9.17) is 0 Å². The van der Waals surface area contributed by atoms with Crippen LogP contribution in [0.4, 0.5) is 4.79 Å². The molecule has 1 saturated heterocycles. The number of carbonyl (C=O) groups is 2. The van der Waals surface area contributed by atoms with Crippen LogP contribution in [-0.2, 0) is 0 Å². The lowest BCUT2D eigenvalue weighted by Crippen LogP contribution is -2.63. The summed E-state index contributed by atoms with van der Waals surface area (Å²) in [6.45, 7) is 5.62. The zero-order chi connectivity index (χ0) is 16.8. The summed E-state index contributed by atoms with van der Waals surface area (Å²) < 4.78 is 0. The molecule has 1 N–H and O–H groups in total. The summed E-state index contributed by atoms with van der Waals surface area (Å²) in [5, 5.41) is 7.81. The van der Waals surface area contributed by atoms with Gasteiger partial charge in [-0.1, -0.05) is 0 Å². The highest BCUT2D eigenvalue weighted by Crippen LogP contribution is 2.29. The highest BCUT2D eigenvalue weighted by Gasteiger charge is 2.39. The lowest BCUT2D eigenvalue weighted by molar-refractivity contribution is 0.0245. The Hall–Kier alpha value is -2.09. The molecule has 0 unspecified atom stereocenters. The predicted octanol–water partition coefficient (Wildman–Crippen LogP) is 1.84. The fourth-order valence-corrected chi connectivity index (χ4v) is 3.90. The molecule has 0 saturated carbocycles. The van der Waals surface area contributed by atoms with Gasteiger partial charge < -0.3 is 14.7 Å². The molecule has 0 spiro atoms. The van der Waals surface area contributed by atoms with Gasteiger partial charge >= 0.3 is 6.03 Å². The van der Waals surface area contributed by atoms with Gasteiger partial charge in [0, 0.05) is 39.1 Å². The molecule has 23 heavy (non-hydrogen) atoms. The average Bonchev–Trinajstić information content (AvgIpc) is 3.05. The van der Waals surface area contributed by atoms with Gasteiger partial charge in [-0.3, -0.25) is 9.89 Å². The molecule has 0 atom stereocenters. The van der Waals surface area contributed by atoms with Gasteiger partial charge in [0.2, 0.25) is 0 Å². The second kappa shape index (κ2) is 5.52. The van der Waals surface area contributed by atoms with E-state index >= 15 is 0 Å². The number of piperazine rings is 1. The second-order valence-electron chi connectivity index (χ2n) is 6.63. The number of aromatic nitrogens is 2. The number of H-pyrrole nitrogens is 1. The van der Waals surface area contributed by atoms with Gasteiger partial charge in [0.1, 0.15) is 4.83 Å². The van der Waals surface area contributed by atoms with E-state index in [-0.39, 0.29) is 11.9 Å². The second-order valence-corrected chi connectivity index (χ2v) is 7.69. The third kappa shape index (κ3) is 2.78. The van der Waals surface area contributed by atoms with E-state index in [1.54, 1.807) is 30.1 Å². The maximum Gasteiger partial charge on any atom is 0.319 e. The SMILES string of the molecule is CN(C)C(=O)N1CCN(C(=O)c2cc3cn[nH]c3s2)C(C)(C)C1. The Morgan fingerprint density at radius 1 is 1.35 bits per heavy atom. The van der Waals surface area contributed by atoms with Crippen molar-refractivity contribution in [1.82, 2.24) is 24.9 Å². The van der Waals surface area contributed by atoms with Gasteiger partial charge in [0.15, 0.2) is 0 Å². The third-order valence-electron chi connectivity index (χ3n) is 4.14. The number of hydrogen-bond acceptors (Lipinski definition) is 4. The molecule has 3 heterocycles. The zero-order valence-corrected chi connectivity index (χ0v) is 14.6. The van der Waals surface area contributed by atoms with E-state index in [0.29, 0.717) is 24.5 Å². The van der Waals surface area contributed by atoms with Crippen molar-refractivity contribution in [1.29, 1.82) is 0 Å². The van der Waals surface area contributed by atoms with Crippen molar-refractivity contribution in [3.05, 3.63) is 17.1 Å². The Kier molecular flexibility index (Phi) is 3.79. The van der Waals surface area contributed by atoms with Gasteiger partial charge in [-0.2, -0.15) is 5.10 Å². The number of fused-ring (bicyclic) bond motifs is 1. The van der Waals surface area contributed by atoms with Gasteiger partial charge in [-0.05, 0) is 19.9 Å². The molecule has 8 heteroatoms. The topological polar surface area (TPSA) is 72.5 Å². The molecule has 0 aromatic carbocycles. The van der Waals surface area contributed by atoms with E-state index in [2.05, 4.69) is 10.2 Å². The molecule has 2 aromatic heterocycles. The highest BCUT2D eigenvalue weighted by molar-refractivity contribution is 7.20. The maximum atomic E-state index is 12.9. The quantitative estimate of drug-likeness (QED) is 0.864. The third-order valence-corrected chi connectivity index (χ3v) is 5.19. The predicted molar refractivity (Wildman–Crippen MR) is 89.7 cm³/mol. The van der Waals surface area contributed by atoms with Crippen molar-refractivity contribution in [2.24, 2.45) is 0 Å². The molecule has 1 fully saturated rings. The molecular weight excluding hydrogens is 314 g/mol. The van der Waals surface area contributed by atoms with Gasteiger partial charge in [0.05, 0.1) is 16.6 Å². The number of rotatable bonds is 1. The summed E-state index contributed by atoms with van der Waals surface area (Å²) >= 11 is 1.42. The minimum absolute atomic E-state index is 0.0133. The Balaban J connectivity index is 1.79. The summed E-state index contributed by atoms with van der Waals surface area (Å²) in [5.41, 5.74) is -0.406. The molecule has 3 rings (SSSR count). The van der Waals surface area contributed by atoms with Crippen molar-refractivity contribution < 1.29 is 9.59 Å². The number of thiophene rings is 1. The average molecular weight is 335 g/mol. The molecule has 124 valence electrons. The molecule has 0 radical (unpaired) electrons. The smallest absolute Gasteiger partial charge is 0.319 e. The first-order chi connectivity index (χ1) is 10.8. The number of nitrogens with one attached hydrogen (secondary N) is 1. The Morgan fingerprint density at radius 2 is 2.09 bits per heavy atom. The fourth-order valence-electron chi connectivity index (χ4n) is 2.96. The van der Waals surface area contributed by atoms with Crippen molar-refractivity contribution >= 4 is 33.5 Å². The molecule has 1 aliphatic heterocycles. The highest BCUT2D eigenvalue weighted by atomic mass is 32.1. The minimum Gasteiger partial charge on any atom is -0.331 e. The van der Waals surface area contributed by atoms with Crippen LogP contribution in [0.3, 0.4) is 0 Å². The maximum absolute atomic E-state index is 12.9. The molecule has 1 aliphatic rings. The molecular formula is C15H21N5O2S. The van der Waals surface area contributed by atoms with Crippen LogP contribution in [0.25, 0.3) is 10.2 Å². The van der Waals surface area contributed by atoms with Crippen molar-refractivity contribution in [2.75, 3.05) is 33.7 Å². The van der Waals surface area contributed by atoms with Gasteiger partial charge in [0.25, 0.3) is 5.91 Å². The van der Waals surface area contributed by atoms with Crippen LogP contribution in [0.15, 0.2) is 12.3 Å².